The number of nitrogens with zero attached hydrogens (tertiary/aromatic N) is 1. The summed E-state index contributed by atoms with van der Waals surface area (Å²) in [5.41, 5.74) is 3.09. The summed E-state index contributed by atoms with van der Waals surface area (Å²) in [6, 6.07) is 14.3. The van der Waals surface area contributed by atoms with Crippen molar-refractivity contribution in [3.05, 3.63) is 65.5 Å². The summed E-state index contributed by atoms with van der Waals surface area (Å²) < 4.78 is 26.4. The molecule has 192 valence electrons. The van der Waals surface area contributed by atoms with Gasteiger partial charge in [-0.1, -0.05) is 36.9 Å². The molecular weight excluding hydrogens is 464 g/mol. The minimum atomic E-state index is -2.46. The molecule has 0 saturated heterocycles. The molecule has 4 N–H and O–H groups in total. The molecule has 1 aliphatic rings. The Morgan fingerprint density at radius 2 is 1.77 bits per heavy atom. The molecule has 2 aromatic rings. The standard InChI is InChI=1S/C26H39F2N5OSi/c1-35-25(33-19-23-5-2-3-15-31-23)24(34)32-18-21-8-6-20(7-9-21)17-29-14-4-16-30-22-10-12-26(27,28)13-11-22/h2-3,5-9,15,22,25,29-30,33H,4,10-14,16-19,35H2,1H3,(H,32,34)/t25-/m0/s1. The van der Waals surface area contributed by atoms with Gasteiger partial charge in [-0.2, -0.15) is 0 Å². The van der Waals surface area contributed by atoms with Crippen molar-refractivity contribution in [2.24, 2.45) is 0 Å². The van der Waals surface area contributed by atoms with Crippen LogP contribution in [0, 0.1) is 0 Å². The van der Waals surface area contributed by atoms with Crippen LogP contribution in [0.2, 0.25) is 6.55 Å². The van der Waals surface area contributed by atoms with Crippen molar-refractivity contribution < 1.29 is 13.6 Å². The molecule has 35 heavy (non-hydrogen) atoms. The van der Waals surface area contributed by atoms with Gasteiger partial charge in [-0.15, -0.1) is 0 Å². The van der Waals surface area contributed by atoms with Crippen LogP contribution in [0.25, 0.3) is 0 Å². The molecule has 1 atom stereocenters. The lowest BCUT2D eigenvalue weighted by atomic mass is 9.92. The second kappa shape index (κ2) is 14.4. The van der Waals surface area contributed by atoms with Crippen LogP contribution in [0.3, 0.4) is 0 Å². The van der Waals surface area contributed by atoms with E-state index in [4.69, 9.17) is 0 Å². The van der Waals surface area contributed by atoms with E-state index in [1.807, 2.05) is 18.2 Å². The molecule has 1 fully saturated rings. The summed E-state index contributed by atoms with van der Waals surface area (Å²) in [6.07, 6.45) is 3.87. The van der Waals surface area contributed by atoms with E-state index >= 15 is 0 Å². The predicted molar refractivity (Wildman–Crippen MR) is 139 cm³/mol. The Kier molecular flexibility index (Phi) is 11.3. The van der Waals surface area contributed by atoms with E-state index in [1.54, 1.807) is 6.20 Å². The van der Waals surface area contributed by atoms with E-state index in [9.17, 15) is 13.6 Å². The van der Waals surface area contributed by atoms with E-state index in [0.717, 1.165) is 37.3 Å². The van der Waals surface area contributed by atoms with Gasteiger partial charge in [-0.25, -0.2) is 8.78 Å². The lowest BCUT2D eigenvalue weighted by Gasteiger charge is -2.28. The lowest BCUT2D eigenvalue weighted by Crippen LogP contribution is -2.46. The van der Waals surface area contributed by atoms with Gasteiger partial charge in [0.25, 0.3) is 0 Å². The Morgan fingerprint density at radius 1 is 1.06 bits per heavy atom. The zero-order valence-corrected chi connectivity index (χ0v) is 22.1. The molecule has 3 rings (SSSR count). The molecule has 1 heterocycles. The van der Waals surface area contributed by atoms with Crippen molar-refractivity contribution in [1.82, 2.24) is 26.3 Å². The number of amides is 1. The van der Waals surface area contributed by atoms with Crippen LogP contribution in [0.4, 0.5) is 8.78 Å². The van der Waals surface area contributed by atoms with Gasteiger partial charge in [-0.05, 0) is 55.6 Å². The quantitative estimate of drug-likeness (QED) is 0.236. The highest BCUT2D eigenvalue weighted by Crippen LogP contribution is 2.32. The summed E-state index contributed by atoms with van der Waals surface area (Å²) in [6.45, 7) is 5.74. The highest BCUT2D eigenvalue weighted by atomic mass is 28.2. The zero-order chi connectivity index (χ0) is 24.9. The average molecular weight is 504 g/mol. The number of alkyl halides is 2. The van der Waals surface area contributed by atoms with Gasteiger partial charge in [0.2, 0.25) is 11.8 Å². The van der Waals surface area contributed by atoms with Crippen LogP contribution in [0.1, 0.15) is 48.9 Å². The third-order valence-corrected chi connectivity index (χ3v) is 7.96. The van der Waals surface area contributed by atoms with E-state index in [1.165, 1.54) is 5.56 Å². The summed E-state index contributed by atoms with van der Waals surface area (Å²) in [7, 11) is -0.563. The molecule has 1 aromatic carbocycles. The Morgan fingerprint density at radius 3 is 2.43 bits per heavy atom. The lowest BCUT2D eigenvalue weighted by molar-refractivity contribution is -0.121. The molecule has 1 saturated carbocycles. The maximum Gasteiger partial charge on any atom is 0.248 e. The second-order valence-corrected chi connectivity index (χ2v) is 10.9. The first-order valence-corrected chi connectivity index (χ1v) is 15.0. The SMILES string of the molecule is C[SiH2][C@H](NCc1ccccn1)C(=O)NCc1ccc(CNCCCNC2CCC(F)(F)CC2)cc1. The summed E-state index contributed by atoms with van der Waals surface area (Å²) >= 11 is 0. The third-order valence-electron chi connectivity index (χ3n) is 6.48. The number of carbonyl (C=O) groups excluding carboxylic acids is 1. The van der Waals surface area contributed by atoms with Crippen LogP contribution in [-0.4, -0.2) is 51.1 Å². The number of pyridine rings is 1. The van der Waals surface area contributed by atoms with Gasteiger partial charge in [0.1, 0.15) is 0 Å². The maximum atomic E-state index is 13.2. The summed E-state index contributed by atoms with van der Waals surface area (Å²) in [5, 5.41) is 13.2. The summed E-state index contributed by atoms with van der Waals surface area (Å²) in [4.78, 5) is 16.9. The first kappa shape index (κ1) is 27.4. The van der Waals surface area contributed by atoms with E-state index in [-0.39, 0.29) is 30.5 Å². The van der Waals surface area contributed by atoms with Crippen molar-refractivity contribution in [2.75, 3.05) is 13.1 Å². The Bertz CT molecular complexity index is 875. The first-order chi connectivity index (χ1) is 16.9. The van der Waals surface area contributed by atoms with Crippen molar-refractivity contribution in [3.63, 3.8) is 0 Å². The number of hydrogen-bond donors (Lipinski definition) is 4. The number of carbonyl (C=O) groups is 1. The Balaban J connectivity index is 1.27. The number of halogens is 2. The minimum Gasteiger partial charge on any atom is -0.351 e. The fourth-order valence-electron chi connectivity index (χ4n) is 4.24. The molecule has 1 aliphatic carbocycles. The molecule has 9 heteroatoms. The van der Waals surface area contributed by atoms with E-state index in [2.05, 4.69) is 57.1 Å². The topological polar surface area (TPSA) is 78.1 Å². The minimum absolute atomic E-state index is 0.00632. The number of aromatic nitrogens is 1. The smallest absolute Gasteiger partial charge is 0.248 e. The van der Waals surface area contributed by atoms with Crippen LogP contribution in [0.5, 0.6) is 0 Å². The van der Waals surface area contributed by atoms with Crippen LogP contribution >= 0.6 is 0 Å². The number of nitrogens with one attached hydrogen (secondary N) is 4. The fraction of sp³-hybridized carbons (Fsp3) is 0.538. The normalized spacial score (nSPS) is 17.0. The molecule has 0 aliphatic heterocycles. The van der Waals surface area contributed by atoms with Gasteiger partial charge in [0.05, 0.1) is 11.4 Å². The first-order valence-electron chi connectivity index (χ1n) is 12.8. The van der Waals surface area contributed by atoms with Crippen molar-refractivity contribution >= 4 is 15.4 Å². The van der Waals surface area contributed by atoms with Crippen molar-refractivity contribution in [1.29, 1.82) is 0 Å². The van der Waals surface area contributed by atoms with Gasteiger partial charge >= 0.3 is 0 Å². The molecule has 1 amide bonds. The van der Waals surface area contributed by atoms with Gasteiger partial charge < -0.3 is 21.3 Å². The highest BCUT2D eigenvalue weighted by molar-refractivity contribution is 6.42. The van der Waals surface area contributed by atoms with Crippen LogP contribution < -0.4 is 21.3 Å². The van der Waals surface area contributed by atoms with Gasteiger partial charge in [0.15, 0.2) is 0 Å². The van der Waals surface area contributed by atoms with Crippen molar-refractivity contribution in [2.45, 2.75) is 75.9 Å². The van der Waals surface area contributed by atoms with Gasteiger partial charge in [0, 0.05) is 54.2 Å². The molecule has 6 nitrogen and oxygen atoms in total. The molecule has 1 aromatic heterocycles. The molecule has 0 radical (unpaired) electrons. The largest absolute Gasteiger partial charge is 0.351 e. The second-order valence-electron chi connectivity index (χ2n) is 9.31. The Labute approximate surface area is 209 Å². The molecule has 0 bridgehead atoms. The van der Waals surface area contributed by atoms with Gasteiger partial charge in [-0.3, -0.25) is 9.78 Å². The predicted octanol–water partition coefficient (Wildman–Crippen LogP) is 2.68. The number of benzene rings is 1. The fourth-order valence-corrected chi connectivity index (χ4v) is 5.18. The van der Waals surface area contributed by atoms with E-state index < -0.39 is 15.4 Å². The number of hydrogen-bond acceptors (Lipinski definition) is 5. The number of rotatable bonds is 14. The van der Waals surface area contributed by atoms with Crippen LogP contribution in [-0.2, 0) is 24.4 Å². The van der Waals surface area contributed by atoms with Crippen molar-refractivity contribution in [3.8, 4) is 0 Å². The molecule has 0 unspecified atom stereocenters. The summed E-state index contributed by atoms with van der Waals surface area (Å²) in [5.74, 6) is -2.41. The maximum absolute atomic E-state index is 13.2. The van der Waals surface area contributed by atoms with Crippen LogP contribution in [0.15, 0.2) is 48.7 Å². The molecular formula is C26H39F2N5OSi. The monoisotopic (exact) mass is 503 g/mol. The Hall–Kier alpha value is -2.20. The highest BCUT2D eigenvalue weighted by Gasteiger charge is 2.34. The average Bonchev–Trinajstić information content (AvgIpc) is 2.87. The third kappa shape index (κ3) is 10.1. The molecule has 0 spiro atoms. The van der Waals surface area contributed by atoms with E-state index in [0.29, 0.717) is 25.9 Å². The zero-order valence-electron chi connectivity index (χ0n) is 20.7.